The zero-order valence-electron chi connectivity index (χ0n) is 10.3. The Morgan fingerprint density at radius 2 is 2.39 bits per heavy atom. The van der Waals surface area contributed by atoms with Gasteiger partial charge in [0, 0.05) is 27.2 Å². The van der Waals surface area contributed by atoms with Gasteiger partial charge in [0.25, 0.3) is 0 Å². The molecule has 8 heteroatoms. The summed E-state index contributed by atoms with van der Waals surface area (Å²) in [5.74, 6) is 0.574. The van der Waals surface area contributed by atoms with Crippen LogP contribution in [-0.2, 0) is 4.74 Å². The lowest BCUT2D eigenvalue weighted by Crippen LogP contribution is -2.24. The van der Waals surface area contributed by atoms with E-state index < -0.39 is 4.92 Å². The molecule has 0 aliphatic carbocycles. The van der Waals surface area contributed by atoms with Crippen molar-refractivity contribution in [2.45, 2.75) is 12.5 Å². The van der Waals surface area contributed by atoms with Crippen molar-refractivity contribution in [3.05, 3.63) is 16.4 Å². The molecule has 1 aliphatic heterocycles. The summed E-state index contributed by atoms with van der Waals surface area (Å²) in [7, 11) is 3.24. The van der Waals surface area contributed by atoms with Crippen LogP contribution in [0.2, 0.25) is 0 Å². The summed E-state index contributed by atoms with van der Waals surface area (Å²) in [6.45, 7) is 1.30. The smallest absolute Gasteiger partial charge is 0.353 e. The number of rotatable bonds is 4. The van der Waals surface area contributed by atoms with Crippen molar-refractivity contribution in [2.75, 3.05) is 37.5 Å². The van der Waals surface area contributed by atoms with E-state index in [0.29, 0.717) is 18.9 Å². The van der Waals surface area contributed by atoms with E-state index in [4.69, 9.17) is 4.74 Å². The average molecular weight is 253 g/mol. The molecule has 0 saturated carbocycles. The second-order valence-corrected chi connectivity index (χ2v) is 3.99. The van der Waals surface area contributed by atoms with Gasteiger partial charge in [-0.25, -0.2) is 9.97 Å². The predicted octanol–water partition coefficient (Wildman–Crippen LogP) is 0.652. The topological polar surface area (TPSA) is 93.4 Å². The van der Waals surface area contributed by atoms with Gasteiger partial charge in [-0.15, -0.1) is 0 Å². The number of methoxy groups -OCH3 is 1. The van der Waals surface area contributed by atoms with Crippen LogP contribution in [0.1, 0.15) is 6.42 Å². The molecule has 1 N–H and O–H groups in total. The Hall–Kier alpha value is -1.96. The summed E-state index contributed by atoms with van der Waals surface area (Å²) in [6.07, 6.45) is 2.26. The van der Waals surface area contributed by atoms with E-state index >= 15 is 0 Å². The highest BCUT2D eigenvalue weighted by Crippen LogP contribution is 2.33. The van der Waals surface area contributed by atoms with Crippen molar-refractivity contribution in [1.82, 2.24) is 9.97 Å². The van der Waals surface area contributed by atoms with Gasteiger partial charge in [0.2, 0.25) is 11.6 Å². The fourth-order valence-electron chi connectivity index (χ4n) is 2.06. The lowest BCUT2D eigenvalue weighted by atomic mass is 10.3. The molecule has 1 aromatic rings. The molecule has 0 radical (unpaired) electrons. The normalized spacial score (nSPS) is 19.0. The highest BCUT2D eigenvalue weighted by molar-refractivity contribution is 5.70. The summed E-state index contributed by atoms with van der Waals surface area (Å²) in [5.41, 5.74) is -0.0863. The summed E-state index contributed by atoms with van der Waals surface area (Å²) in [6, 6.07) is 0. The molecule has 1 saturated heterocycles. The number of nitrogens with one attached hydrogen (secondary N) is 1. The van der Waals surface area contributed by atoms with Crippen molar-refractivity contribution >= 4 is 17.3 Å². The van der Waals surface area contributed by atoms with Crippen LogP contribution < -0.4 is 10.2 Å². The van der Waals surface area contributed by atoms with E-state index in [1.54, 1.807) is 14.2 Å². The molecule has 2 heterocycles. The van der Waals surface area contributed by atoms with Gasteiger partial charge in [0.05, 0.1) is 11.0 Å². The molecule has 1 atom stereocenters. The minimum atomic E-state index is -0.457. The van der Waals surface area contributed by atoms with E-state index in [2.05, 4.69) is 15.3 Å². The maximum absolute atomic E-state index is 11.1. The number of hydrogen-bond donors (Lipinski definition) is 1. The van der Waals surface area contributed by atoms with Gasteiger partial charge in [-0.3, -0.25) is 10.1 Å². The molecule has 2 rings (SSSR count). The van der Waals surface area contributed by atoms with Gasteiger partial charge >= 0.3 is 5.69 Å². The third-order valence-electron chi connectivity index (χ3n) is 3.00. The fourth-order valence-corrected chi connectivity index (χ4v) is 2.06. The first-order chi connectivity index (χ1) is 8.67. The number of anilines is 2. The van der Waals surface area contributed by atoms with E-state index in [1.807, 2.05) is 4.90 Å². The van der Waals surface area contributed by atoms with Crippen LogP contribution in [0.4, 0.5) is 17.3 Å². The minimum Gasteiger partial charge on any atom is -0.380 e. The molecule has 18 heavy (non-hydrogen) atoms. The van der Waals surface area contributed by atoms with Crippen LogP contribution in [-0.4, -0.2) is 48.2 Å². The standard InChI is InChI=1S/C10H15N5O3/c1-11-9-8(15(16)17)10(13-6-12-9)14-4-3-7(5-14)18-2/h6-7H,3-5H2,1-2H3,(H,11,12,13). The highest BCUT2D eigenvalue weighted by atomic mass is 16.6. The number of aromatic nitrogens is 2. The van der Waals surface area contributed by atoms with Crippen LogP contribution in [0.3, 0.4) is 0 Å². The molecule has 8 nitrogen and oxygen atoms in total. The lowest BCUT2D eigenvalue weighted by molar-refractivity contribution is -0.383. The van der Waals surface area contributed by atoms with E-state index in [9.17, 15) is 10.1 Å². The van der Waals surface area contributed by atoms with Crippen molar-refractivity contribution in [1.29, 1.82) is 0 Å². The first-order valence-corrected chi connectivity index (χ1v) is 5.62. The molecule has 1 fully saturated rings. The monoisotopic (exact) mass is 253 g/mol. The summed E-state index contributed by atoms with van der Waals surface area (Å²) < 4.78 is 5.25. The molecule has 98 valence electrons. The maximum Gasteiger partial charge on any atom is 0.353 e. The van der Waals surface area contributed by atoms with Crippen LogP contribution in [0.25, 0.3) is 0 Å². The lowest BCUT2D eigenvalue weighted by Gasteiger charge is -2.17. The van der Waals surface area contributed by atoms with Crippen molar-refractivity contribution < 1.29 is 9.66 Å². The Morgan fingerprint density at radius 1 is 1.61 bits per heavy atom. The minimum absolute atomic E-state index is 0.0863. The van der Waals surface area contributed by atoms with Crippen molar-refractivity contribution in [2.24, 2.45) is 0 Å². The third-order valence-corrected chi connectivity index (χ3v) is 3.00. The fraction of sp³-hybridized carbons (Fsp3) is 0.600. The molecule has 0 bridgehead atoms. The van der Waals surface area contributed by atoms with Crippen LogP contribution in [0, 0.1) is 10.1 Å². The third kappa shape index (κ3) is 2.19. The van der Waals surface area contributed by atoms with Crippen LogP contribution >= 0.6 is 0 Å². The van der Waals surface area contributed by atoms with Gasteiger partial charge in [0.15, 0.2) is 0 Å². The van der Waals surface area contributed by atoms with E-state index in [0.717, 1.165) is 6.42 Å². The Bertz CT molecular complexity index is 453. The van der Waals surface area contributed by atoms with E-state index in [1.165, 1.54) is 6.33 Å². The van der Waals surface area contributed by atoms with Crippen molar-refractivity contribution in [3.8, 4) is 0 Å². The summed E-state index contributed by atoms with van der Waals surface area (Å²) in [4.78, 5) is 20.4. The average Bonchev–Trinajstić information content (AvgIpc) is 2.86. The molecule has 0 amide bonds. The van der Waals surface area contributed by atoms with Gasteiger partial charge in [0.1, 0.15) is 6.33 Å². The number of nitrogens with zero attached hydrogens (tertiary/aromatic N) is 4. The summed E-state index contributed by atoms with van der Waals surface area (Å²) in [5, 5.41) is 13.9. The first kappa shape index (κ1) is 12.5. The molecular weight excluding hydrogens is 238 g/mol. The number of hydrogen-bond acceptors (Lipinski definition) is 7. The molecule has 1 unspecified atom stereocenters. The molecule has 1 aromatic heterocycles. The molecule has 1 aliphatic rings. The molecule has 0 spiro atoms. The number of nitro groups is 1. The SMILES string of the molecule is CNc1ncnc(N2CCC(OC)C2)c1[N+](=O)[O-]. The van der Waals surface area contributed by atoms with Gasteiger partial charge in [-0.2, -0.15) is 0 Å². The zero-order valence-corrected chi connectivity index (χ0v) is 10.3. The number of ether oxygens (including phenoxy) is 1. The second kappa shape index (κ2) is 5.13. The quantitative estimate of drug-likeness (QED) is 0.622. The Kier molecular flexibility index (Phi) is 3.56. The summed E-state index contributed by atoms with van der Waals surface area (Å²) >= 11 is 0. The second-order valence-electron chi connectivity index (χ2n) is 3.99. The van der Waals surface area contributed by atoms with Gasteiger partial charge < -0.3 is 15.0 Å². The van der Waals surface area contributed by atoms with E-state index in [-0.39, 0.29) is 17.6 Å². The van der Waals surface area contributed by atoms with Gasteiger partial charge in [-0.05, 0) is 6.42 Å². The van der Waals surface area contributed by atoms with Crippen molar-refractivity contribution in [3.63, 3.8) is 0 Å². The van der Waals surface area contributed by atoms with Crippen LogP contribution in [0.15, 0.2) is 6.33 Å². The molecule has 0 aromatic carbocycles. The maximum atomic E-state index is 11.1. The molecular formula is C10H15N5O3. The van der Waals surface area contributed by atoms with Crippen LogP contribution in [0.5, 0.6) is 0 Å². The Balaban J connectivity index is 2.36. The highest BCUT2D eigenvalue weighted by Gasteiger charge is 2.31. The Labute approximate surface area is 104 Å². The zero-order chi connectivity index (χ0) is 13.1. The largest absolute Gasteiger partial charge is 0.380 e. The van der Waals surface area contributed by atoms with Gasteiger partial charge in [-0.1, -0.05) is 0 Å². The predicted molar refractivity (Wildman–Crippen MR) is 65.9 cm³/mol. The Morgan fingerprint density at radius 3 is 2.94 bits per heavy atom. The first-order valence-electron chi connectivity index (χ1n) is 5.62.